The highest BCUT2D eigenvalue weighted by molar-refractivity contribution is 6.30. The summed E-state index contributed by atoms with van der Waals surface area (Å²) in [6, 6.07) is 12.0. The summed E-state index contributed by atoms with van der Waals surface area (Å²) in [4.78, 5) is 17.1. The lowest BCUT2D eigenvalue weighted by Gasteiger charge is -2.39. The Labute approximate surface area is 211 Å². The molecule has 2 aromatic rings. The van der Waals surface area contributed by atoms with Gasteiger partial charge in [0.25, 0.3) is 0 Å². The van der Waals surface area contributed by atoms with Crippen LogP contribution in [0.1, 0.15) is 36.5 Å². The highest BCUT2D eigenvalue weighted by atomic mass is 35.5. The fourth-order valence-corrected chi connectivity index (χ4v) is 4.71. The Morgan fingerprint density at radius 2 is 1.97 bits per heavy atom. The Morgan fingerprint density at radius 1 is 1.23 bits per heavy atom. The molecular formula is C28H31ClFN3O2. The molecule has 0 bridgehead atoms. The topological polar surface area (TPSA) is 55.8 Å². The summed E-state index contributed by atoms with van der Waals surface area (Å²) in [6.07, 6.45) is 4.51. The van der Waals surface area contributed by atoms with Crippen LogP contribution in [-0.4, -0.2) is 65.2 Å². The third-order valence-electron chi connectivity index (χ3n) is 6.60. The first-order valence-corrected chi connectivity index (χ1v) is 12.4. The number of piperidine rings is 1. The molecule has 35 heavy (non-hydrogen) atoms. The molecule has 0 spiro atoms. The summed E-state index contributed by atoms with van der Waals surface area (Å²) in [7, 11) is 0. The van der Waals surface area contributed by atoms with Crippen molar-refractivity contribution in [3.63, 3.8) is 0 Å². The Kier molecular flexibility index (Phi) is 8.25. The maximum absolute atomic E-state index is 13.2. The van der Waals surface area contributed by atoms with E-state index in [1.807, 2.05) is 17.9 Å². The van der Waals surface area contributed by atoms with E-state index in [4.69, 9.17) is 11.6 Å². The molecule has 0 saturated carbocycles. The number of rotatable bonds is 4. The van der Waals surface area contributed by atoms with Gasteiger partial charge in [0.05, 0.1) is 0 Å². The molecule has 0 radical (unpaired) electrons. The van der Waals surface area contributed by atoms with Crippen molar-refractivity contribution in [3.8, 4) is 11.8 Å². The van der Waals surface area contributed by atoms with Gasteiger partial charge in [-0.3, -0.25) is 9.69 Å². The summed E-state index contributed by atoms with van der Waals surface area (Å²) in [5, 5.41) is 14.5. The van der Waals surface area contributed by atoms with Gasteiger partial charge in [0.15, 0.2) is 0 Å². The summed E-state index contributed by atoms with van der Waals surface area (Å²) >= 11 is 6.19. The second-order valence-electron chi connectivity index (χ2n) is 9.34. The van der Waals surface area contributed by atoms with Crippen LogP contribution >= 0.6 is 11.6 Å². The standard InChI is InChI=1S/C28H31ClFN3O2/c1-21-19-32(20-22-2-7-26(30)8-3-22)16-17-33(21)27(34)9-5-23-4-6-25(29)18-24(23)10-11-28(35)12-14-31-15-13-28/h2-9,18,21,31,35H,12-17,19-20H2,1H3/b9-5+/t21-/m1/s1. The smallest absolute Gasteiger partial charge is 0.246 e. The average Bonchev–Trinajstić information content (AvgIpc) is 2.84. The number of aliphatic hydroxyl groups is 1. The van der Waals surface area contributed by atoms with Gasteiger partial charge in [-0.05, 0) is 74.3 Å². The maximum atomic E-state index is 13.2. The lowest BCUT2D eigenvalue weighted by molar-refractivity contribution is -0.130. The van der Waals surface area contributed by atoms with E-state index < -0.39 is 5.60 Å². The van der Waals surface area contributed by atoms with Gasteiger partial charge < -0.3 is 15.3 Å². The van der Waals surface area contributed by atoms with Crippen LogP contribution in [0.4, 0.5) is 4.39 Å². The molecule has 2 heterocycles. The van der Waals surface area contributed by atoms with Crippen LogP contribution in [0, 0.1) is 17.7 Å². The van der Waals surface area contributed by atoms with Crippen molar-refractivity contribution < 1.29 is 14.3 Å². The first-order chi connectivity index (χ1) is 16.8. The summed E-state index contributed by atoms with van der Waals surface area (Å²) < 4.78 is 13.2. The van der Waals surface area contributed by atoms with Gasteiger partial charge in [0.1, 0.15) is 11.4 Å². The van der Waals surface area contributed by atoms with Crippen LogP contribution < -0.4 is 5.32 Å². The zero-order valence-electron chi connectivity index (χ0n) is 19.9. The zero-order valence-corrected chi connectivity index (χ0v) is 20.7. The normalized spacial score (nSPS) is 20.5. The molecule has 2 saturated heterocycles. The van der Waals surface area contributed by atoms with E-state index in [-0.39, 0.29) is 17.8 Å². The Hall–Kier alpha value is -2.69. The molecule has 0 aromatic heterocycles. The molecule has 0 unspecified atom stereocenters. The molecule has 5 nitrogen and oxygen atoms in total. The lowest BCUT2D eigenvalue weighted by Crippen LogP contribution is -2.53. The summed E-state index contributed by atoms with van der Waals surface area (Å²) in [6.45, 7) is 6.38. The third kappa shape index (κ3) is 6.93. The number of hydrogen-bond acceptors (Lipinski definition) is 4. The first-order valence-electron chi connectivity index (χ1n) is 12.0. The van der Waals surface area contributed by atoms with E-state index in [0.29, 0.717) is 30.0 Å². The summed E-state index contributed by atoms with van der Waals surface area (Å²) in [5.41, 5.74) is 1.53. The number of hydrogen-bond donors (Lipinski definition) is 2. The van der Waals surface area contributed by atoms with Gasteiger partial charge >= 0.3 is 0 Å². The van der Waals surface area contributed by atoms with E-state index >= 15 is 0 Å². The summed E-state index contributed by atoms with van der Waals surface area (Å²) in [5.74, 6) is 5.82. The molecule has 2 aliphatic heterocycles. The minimum atomic E-state index is -1.01. The molecule has 1 atom stereocenters. The van der Waals surface area contributed by atoms with Gasteiger partial charge in [-0.15, -0.1) is 0 Å². The highest BCUT2D eigenvalue weighted by Crippen LogP contribution is 2.21. The van der Waals surface area contributed by atoms with Crippen LogP contribution in [0.15, 0.2) is 48.5 Å². The van der Waals surface area contributed by atoms with Crippen molar-refractivity contribution in [2.24, 2.45) is 0 Å². The first kappa shape index (κ1) is 25.4. The minimum absolute atomic E-state index is 0.0511. The fraction of sp³-hybridized carbons (Fsp3) is 0.393. The van der Waals surface area contributed by atoms with Crippen molar-refractivity contribution >= 4 is 23.6 Å². The number of nitrogens with zero attached hydrogens (tertiary/aromatic N) is 2. The number of nitrogens with one attached hydrogen (secondary N) is 1. The van der Waals surface area contributed by atoms with Crippen LogP contribution in [0.3, 0.4) is 0 Å². The number of carbonyl (C=O) groups is 1. The van der Waals surface area contributed by atoms with Crippen molar-refractivity contribution in [3.05, 3.63) is 76.1 Å². The number of carbonyl (C=O) groups excluding carboxylic acids is 1. The molecular weight excluding hydrogens is 465 g/mol. The second-order valence-corrected chi connectivity index (χ2v) is 9.78. The second kappa shape index (κ2) is 11.4. The largest absolute Gasteiger partial charge is 0.377 e. The zero-order chi connectivity index (χ0) is 24.8. The van der Waals surface area contributed by atoms with Gasteiger partial charge in [-0.2, -0.15) is 0 Å². The van der Waals surface area contributed by atoms with Gasteiger partial charge in [0, 0.05) is 48.9 Å². The number of amides is 1. The van der Waals surface area contributed by atoms with Gasteiger partial charge in [0.2, 0.25) is 5.91 Å². The van der Waals surface area contributed by atoms with Gasteiger partial charge in [-0.25, -0.2) is 4.39 Å². The number of benzene rings is 2. The molecule has 0 aliphatic carbocycles. The highest BCUT2D eigenvalue weighted by Gasteiger charge is 2.27. The van der Waals surface area contributed by atoms with Crippen LogP contribution in [0.2, 0.25) is 5.02 Å². The lowest BCUT2D eigenvalue weighted by atomic mass is 9.92. The Bertz CT molecular complexity index is 1130. The van der Waals surface area contributed by atoms with Crippen molar-refractivity contribution in [1.29, 1.82) is 0 Å². The fourth-order valence-electron chi connectivity index (χ4n) is 4.54. The molecule has 7 heteroatoms. The van der Waals surface area contributed by atoms with Crippen LogP contribution in [0.25, 0.3) is 6.08 Å². The van der Waals surface area contributed by atoms with Crippen molar-refractivity contribution in [1.82, 2.24) is 15.1 Å². The maximum Gasteiger partial charge on any atom is 0.246 e. The predicted molar refractivity (Wildman–Crippen MR) is 137 cm³/mol. The molecule has 184 valence electrons. The van der Waals surface area contributed by atoms with E-state index in [0.717, 1.165) is 43.9 Å². The third-order valence-corrected chi connectivity index (χ3v) is 6.83. The molecule has 2 aliphatic rings. The quantitative estimate of drug-likeness (QED) is 0.502. The number of halogens is 2. The van der Waals surface area contributed by atoms with E-state index in [2.05, 4.69) is 22.1 Å². The molecule has 2 N–H and O–H groups in total. The van der Waals surface area contributed by atoms with Crippen molar-refractivity contribution in [2.75, 3.05) is 32.7 Å². The minimum Gasteiger partial charge on any atom is -0.377 e. The Morgan fingerprint density at radius 3 is 2.69 bits per heavy atom. The Balaban J connectivity index is 1.40. The molecule has 1 amide bonds. The predicted octanol–water partition coefficient (Wildman–Crippen LogP) is 3.69. The molecule has 2 aromatic carbocycles. The number of piperazine rings is 1. The SMILES string of the molecule is C[C@@H]1CN(Cc2ccc(F)cc2)CCN1C(=O)/C=C/c1ccc(Cl)cc1C#CC1(O)CCNCC1. The molecule has 4 rings (SSSR count). The van der Waals surface area contributed by atoms with E-state index in [9.17, 15) is 14.3 Å². The van der Waals surface area contributed by atoms with Crippen LogP contribution in [0.5, 0.6) is 0 Å². The molecule has 2 fully saturated rings. The van der Waals surface area contributed by atoms with Gasteiger partial charge in [-0.1, -0.05) is 41.6 Å². The van der Waals surface area contributed by atoms with E-state index in [1.165, 1.54) is 12.1 Å². The van der Waals surface area contributed by atoms with Crippen molar-refractivity contribution in [2.45, 2.75) is 38.0 Å². The monoisotopic (exact) mass is 495 g/mol. The van der Waals surface area contributed by atoms with E-state index in [1.54, 1.807) is 36.4 Å². The van der Waals surface area contributed by atoms with Crippen LogP contribution in [-0.2, 0) is 11.3 Å². The average molecular weight is 496 g/mol.